The molecule has 0 atom stereocenters. The highest BCUT2D eigenvalue weighted by Gasteiger charge is 2.08. The third-order valence-electron chi connectivity index (χ3n) is 2.49. The van der Waals surface area contributed by atoms with E-state index in [1.807, 2.05) is 24.3 Å². The number of carboxylic acid groups (broad SMARTS) is 1. The van der Waals surface area contributed by atoms with Crippen molar-refractivity contribution in [3.8, 4) is 16.6 Å². The summed E-state index contributed by atoms with van der Waals surface area (Å²) < 4.78 is 0. The summed E-state index contributed by atoms with van der Waals surface area (Å²) in [5.74, 6) is 0.391. The molecular formula is C14H12N2O2S2. The number of carboxylic acids is 1. The van der Waals surface area contributed by atoms with Gasteiger partial charge < -0.3 is 5.11 Å². The van der Waals surface area contributed by atoms with Crippen LogP contribution < -0.4 is 0 Å². The fraction of sp³-hybridized carbons (Fsp3) is 0.214. The lowest BCUT2D eigenvalue weighted by Crippen LogP contribution is -1.99. The number of rotatable bonds is 6. The Balaban J connectivity index is 2.12. The molecule has 1 aromatic heterocycles. The molecule has 0 aliphatic carbocycles. The van der Waals surface area contributed by atoms with Gasteiger partial charge in [0.15, 0.2) is 0 Å². The number of thiazole rings is 1. The molecule has 1 N–H and O–H groups in total. The molecule has 2 aromatic rings. The Bertz CT molecular complexity index is 647. The monoisotopic (exact) mass is 304 g/mol. The van der Waals surface area contributed by atoms with E-state index in [0.717, 1.165) is 21.9 Å². The van der Waals surface area contributed by atoms with Gasteiger partial charge in [-0.05, 0) is 11.6 Å². The Morgan fingerprint density at radius 2 is 2.35 bits per heavy atom. The second-order valence-electron chi connectivity index (χ2n) is 4.07. The van der Waals surface area contributed by atoms with Crippen molar-refractivity contribution in [3.05, 3.63) is 40.9 Å². The standard InChI is InChI=1S/C14H12N2O2S2/c15-4-5-19-8-10-2-1-3-11(6-10)14-16-12(9-20-14)7-13(17)18/h1-3,6,9H,5,7-8H2,(H,17,18). The molecule has 0 aliphatic heterocycles. The Labute approximate surface area is 125 Å². The van der Waals surface area contributed by atoms with E-state index < -0.39 is 5.97 Å². The predicted octanol–water partition coefficient (Wildman–Crippen LogP) is 3.19. The van der Waals surface area contributed by atoms with E-state index in [0.29, 0.717) is 11.4 Å². The van der Waals surface area contributed by atoms with E-state index in [-0.39, 0.29) is 6.42 Å². The number of nitrogens with zero attached hydrogens (tertiary/aromatic N) is 2. The number of aliphatic carboxylic acids is 1. The van der Waals surface area contributed by atoms with Gasteiger partial charge in [0, 0.05) is 16.7 Å². The van der Waals surface area contributed by atoms with Crippen molar-refractivity contribution in [3.63, 3.8) is 0 Å². The van der Waals surface area contributed by atoms with Crippen molar-refractivity contribution >= 4 is 29.1 Å². The summed E-state index contributed by atoms with van der Waals surface area (Å²) in [6.45, 7) is 0. The topological polar surface area (TPSA) is 74.0 Å². The van der Waals surface area contributed by atoms with Gasteiger partial charge in [-0.25, -0.2) is 4.98 Å². The van der Waals surface area contributed by atoms with Gasteiger partial charge in [-0.1, -0.05) is 18.2 Å². The summed E-state index contributed by atoms with van der Waals surface area (Å²) in [7, 11) is 0. The van der Waals surface area contributed by atoms with E-state index in [1.54, 1.807) is 17.1 Å². The van der Waals surface area contributed by atoms with Gasteiger partial charge in [0.25, 0.3) is 0 Å². The number of benzene rings is 1. The van der Waals surface area contributed by atoms with Crippen LogP contribution in [-0.2, 0) is 17.0 Å². The molecule has 4 nitrogen and oxygen atoms in total. The fourth-order valence-electron chi connectivity index (χ4n) is 1.68. The summed E-state index contributed by atoms with van der Waals surface area (Å²) in [6.07, 6.45) is -0.0474. The van der Waals surface area contributed by atoms with E-state index in [9.17, 15) is 4.79 Å². The molecule has 1 heterocycles. The number of aromatic nitrogens is 1. The number of carbonyl (C=O) groups is 1. The van der Waals surface area contributed by atoms with Crippen molar-refractivity contribution in [1.82, 2.24) is 4.98 Å². The first-order valence-electron chi connectivity index (χ1n) is 5.89. The zero-order valence-electron chi connectivity index (χ0n) is 10.6. The molecule has 0 bridgehead atoms. The van der Waals surface area contributed by atoms with Gasteiger partial charge in [0.2, 0.25) is 0 Å². The zero-order chi connectivity index (χ0) is 14.4. The summed E-state index contributed by atoms with van der Waals surface area (Å²) in [4.78, 5) is 15.0. The smallest absolute Gasteiger partial charge is 0.309 e. The minimum absolute atomic E-state index is 0.0474. The highest BCUT2D eigenvalue weighted by atomic mass is 32.2. The lowest BCUT2D eigenvalue weighted by atomic mass is 10.1. The van der Waals surface area contributed by atoms with Gasteiger partial charge in [-0.3, -0.25) is 4.79 Å². The van der Waals surface area contributed by atoms with Crippen LogP contribution in [0.15, 0.2) is 29.6 Å². The lowest BCUT2D eigenvalue weighted by Gasteiger charge is -2.01. The third-order valence-corrected chi connectivity index (χ3v) is 4.30. The average Bonchev–Trinajstić information content (AvgIpc) is 2.87. The van der Waals surface area contributed by atoms with Crippen LogP contribution in [0.2, 0.25) is 0 Å². The largest absolute Gasteiger partial charge is 0.481 e. The van der Waals surface area contributed by atoms with Gasteiger partial charge in [-0.15, -0.1) is 23.1 Å². The summed E-state index contributed by atoms with van der Waals surface area (Å²) in [6, 6.07) is 10.1. The van der Waals surface area contributed by atoms with Crippen LogP contribution in [0.4, 0.5) is 0 Å². The molecule has 20 heavy (non-hydrogen) atoms. The van der Waals surface area contributed by atoms with Crippen LogP contribution in [0.3, 0.4) is 0 Å². The van der Waals surface area contributed by atoms with Crippen molar-refractivity contribution in [2.45, 2.75) is 12.2 Å². The molecular weight excluding hydrogens is 292 g/mol. The van der Waals surface area contributed by atoms with Gasteiger partial charge >= 0.3 is 5.97 Å². The number of thioether (sulfide) groups is 1. The van der Waals surface area contributed by atoms with Gasteiger partial charge in [0.05, 0.1) is 23.9 Å². The first kappa shape index (κ1) is 14.6. The average molecular weight is 304 g/mol. The minimum atomic E-state index is -0.872. The second-order valence-corrected chi connectivity index (χ2v) is 5.91. The van der Waals surface area contributed by atoms with Crippen molar-refractivity contribution in [1.29, 1.82) is 5.26 Å². The molecule has 1 aromatic carbocycles. The maximum atomic E-state index is 10.7. The molecule has 6 heteroatoms. The van der Waals surface area contributed by atoms with Crippen LogP contribution in [0, 0.1) is 11.3 Å². The van der Waals surface area contributed by atoms with Gasteiger partial charge in [0.1, 0.15) is 5.01 Å². The molecule has 0 saturated carbocycles. The Hall–Kier alpha value is -1.84. The second kappa shape index (κ2) is 7.08. The molecule has 0 radical (unpaired) electrons. The number of nitriles is 1. The molecule has 102 valence electrons. The molecule has 0 aliphatic rings. The number of hydrogen-bond acceptors (Lipinski definition) is 5. The Morgan fingerprint density at radius 1 is 1.50 bits per heavy atom. The van der Waals surface area contributed by atoms with Crippen LogP contribution in [0.1, 0.15) is 11.3 Å². The highest BCUT2D eigenvalue weighted by Crippen LogP contribution is 2.26. The fourth-order valence-corrected chi connectivity index (χ4v) is 3.11. The molecule has 0 amide bonds. The van der Waals surface area contributed by atoms with Crippen LogP contribution in [0.5, 0.6) is 0 Å². The van der Waals surface area contributed by atoms with Crippen molar-refractivity contribution in [2.75, 3.05) is 5.75 Å². The molecule has 0 spiro atoms. The lowest BCUT2D eigenvalue weighted by molar-refractivity contribution is -0.136. The normalized spacial score (nSPS) is 10.2. The van der Waals surface area contributed by atoms with Gasteiger partial charge in [-0.2, -0.15) is 5.26 Å². The first-order chi connectivity index (χ1) is 9.69. The molecule has 0 saturated heterocycles. The van der Waals surface area contributed by atoms with Crippen LogP contribution >= 0.6 is 23.1 Å². The Kier molecular flexibility index (Phi) is 5.16. The molecule has 2 rings (SSSR count). The van der Waals surface area contributed by atoms with E-state index in [2.05, 4.69) is 11.1 Å². The maximum absolute atomic E-state index is 10.7. The van der Waals surface area contributed by atoms with E-state index in [4.69, 9.17) is 10.4 Å². The van der Waals surface area contributed by atoms with E-state index >= 15 is 0 Å². The quantitative estimate of drug-likeness (QED) is 0.830. The van der Waals surface area contributed by atoms with Crippen LogP contribution in [0.25, 0.3) is 10.6 Å². The highest BCUT2D eigenvalue weighted by molar-refractivity contribution is 7.98. The SMILES string of the molecule is N#CCSCc1cccc(-c2nc(CC(=O)O)cs2)c1. The summed E-state index contributed by atoms with van der Waals surface area (Å²) in [5.41, 5.74) is 2.71. The minimum Gasteiger partial charge on any atom is -0.481 e. The third kappa shape index (κ3) is 4.08. The van der Waals surface area contributed by atoms with Crippen molar-refractivity contribution in [2.24, 2.45) is 0 Å². The number of hydrogen-bond donors (Lipinski definition) is 1. The maximum Gasteiger partial charge on any atom is 0.309 e. The molecule has 0 unspecified atom stereocenters. The van der Waals surface area contributed by atoms with E-state index in [1.165, 1.54) is 11.3 Å². The summed E-state index contributed by atoms with van der Waals surface area (Å²) >= 11 is 3.02. The zero-order valence-corrected chi connectivity index (χ0v) is 12.2. The summed E-state index contributed by atoms with van der Waals surface area (Å²) in [5, 5.41) is 19.9. The Morgan fingerprint density at radius 3 is 3.10 bits per heavy atom. The van der Waals surface area contributed by atoms with Crippen molar-refractivity contribution < 1.29 is 9.90 Å². The molecule has 0 fully saturated rings. The first-order valence-corrected chi connectivity index (χ1v) is 7.92. The predicted molar refractivity (Wildman–Crippen MR) is 80.7 cm³/mol. The van der Waals surface area contributed by atoms with Crippen LogP contribution in [-0.4, -0.2) is 21.8 Å².